The van der Waals surface area contributed by atoms with E-state index in [-0.39, 0.29) is 51.4 Å². The molecular weight excluding hydrogens is 806 g/mol. The average Bonchev–Trinajstić information content (AvgIpc) is 3.25. The summed E-state index contributed by atoms with van der Waals surface area (Å²) in [6.07, 6.45) is 2.52. The molecule has 62 heavy (non-hydrogen) atoms. The summed E-state index contributed by atoms with van der Waals surface area (Å²) >= 11 is 0. The predicted octanol–water partition coefficient (Wildman–Crippen LogP) is 1.03. The zero-order valence-electron chi connectivity index (χ0n) is 35.8. The van der Waals surface area contributed by atoms with Gasteiger partial charge in [-0.05, 0) is 67.8 Å². The van der Waals surface area contributed by atoms with Crippen LogP contribution in [0.2, 0.25) is 0 Å². The van der Waals surface area contributed by atoms with Crippen LogP contribution in [-0.2, 0) is 51.4 Å². The van der Waals surface area contributed by atoms with Gasteiger partial charge in [0.25, 0.3) is 0 Å². The number of carbonyl (C=O) groups excluding carboxylic acids is 8. The maximum atomic E-state index is 13.9. The fraction of sp³-hybridized carbons (Fsp3) is 0.488. The highest BCUT2D eigenvalue weighted by molar-refractivity contribution is 5.96. The number of nitrogens with two attached hydrogens (primary N) is 1. The molecule has 9 N–H and O–H groups in total. The van der Waals surface area contributed by atoms with Crippen LogP contribution in [0.1, 0.15) is 64.0 Å². The van der Waals surface area contributed by atoms with Crippen molar-refractivity contribution in [2.45, 2.75) is 84.1 Å². The Balaban J connectivity index is 2.11. The molecular formula is C43H62FN9O9. The van der Waals surface area contributed by atoms with E-state index in [0.717, 1.165) is 0 Å². The molecule has 0 fully saturated rings. The normalized spacial score (nSPS) is 12.1. The summed E-state index contributed by atoms with van der Waals surface area (Å²) < 4.78 is 18.2. The summed E-state index contributed by atoms with van der Waals surface area (Å²) in [5, 5.41) is 18.0. The molecule has 19 heteroatoms. The van der Waals surface area contributed by atoms with E-state index >= 15 is 0 Å². The van der Waals surface area contributed by atoms with Crippen LogP contribution in [-0.4, -0.2) is 111 Å². The molecule has 0 aliphatic rings. The lowest BCUT2D eigenvalue weighted by Gasteiger charge is -2.26. The number of amides is 8. The molecule has 0 heterocycles. The number of halogens is 1. The number of rotatable bonds is 28. The number of hydrogen-bond donors (Lipinski definition) is 8. The zero-order valence-corrected chi connectivity index (χ0v) is 35.8. The minimum Gasteiger partial charge on any atom is -0.445 e. The van der Waals surface area contributed by atoms with Gasteiger partial charge < -0.3 is 47.7 Å². The highest BCUT2D eigenvalue weighted by atomic mass is 19.1. The molecule has 0 spiro atoms. The SMILES string of the molecule is C=CCOC(=O)N(CCCNC(=O)CNC(=O)[C@H](Cc1ccccc1)NC(=O)[C@H](CC(C)C)NC(=O)[C@H](CCCCN)NC(=O)CNC(=O)CNC(C)=O)c1ccc(CF)cc1. The Morgan fingerprint density at radius 2 is 1.35 bits per heavy atom. The minimum absolute atomic E-state index is 0.0176. The van der Waals surface area contributed by atoms with E-state index in [1.165, 1.54) is 17.9 Å². The second kappa shape index (κ2) is 29.0. The maximum Gasteiger partial charge on any atom is 0.414 e. The molecule has 18 nitrogen and oxygen atoms in total. The Bertz CT molecular complexity index is 1780. The summed E-state index contributed by atoms with van der Waals surface area (Å²) in [4.78, 5) is 104. The van der Waals surface area contributed by atoms with E-state index in [0.29, 0.717) is 42.6 Å². The molecule has 0 bridgehead atoms. The van der Waals surface area contributed by atoms with Crippen LogP contribution in [0.5, 0.6) is 0 Å². The molecule has 0 saturated carbocycles. The first kappa shape index (κ1) is 51.8. The van der Waals surface area contributed by atoms with Crippen LogP contribution < -0.4 is 47.9 Å². The Morgan fingerprint density at radius 1 is 0.726 bits per heavy atom. The zero-order chi connectivity index (χ0) is 45.9. The molecule has 2 aromatic rings. The Hall–Kier alpha value is -6.37. The van der Waals surface area contributed by atoms with Crippen molar-refractivity contribution in [2.75, 3.05) is 50.8 Å². The number of ether oxygens (including phenoxy) is 1. The summed E-state index contributed by atoms with van der Waals surface area (Å²) in [5.74, 6) is -4.31. The van der Waals surface area contributed by atoms with Crippen LogP contribution in [0.4, 0.5) is 14.9 Å². The van der Waals surface area contributed by atoms with Gasteiger partial charge in [-0.25, -0.2) is 9.18 Å². The van der Waals surface area contributed by atoms with Crippen molar-refractivity contribution in [2.24, 2.45) is 11.7 Å². The van der Waals surface area contributed by atoms with Gasteiger partial charge in [-0.3, -0.25) is 38.5 Å². The minimum atomic E-state index is -1.16. The lowest BCUT2D eigenvalue weighted by molar-refractivity contribution is -0.134. The van der Waals surface area contributed by atoms with E-state index in [2.05, 4.69) is 43.8 Å². The molecule has 0 aliphatic carbocycles. The highest BCUT2D eigenvalue weighted by Crippen LogP contribution is 2.18. The number of unbranched alkanes of at least 4 members (excludes halogenated alkanes) is 1. The second-order valence-corrected chi connectivity index (χ2v) is 14.8. The summed E-state index contributed by atoms with van der Waals surface area (Å²) in [6.45, 7) is 7.21. The second-order valence-electron chi connectivity index (χ2n) is 14.8. The van der Waals surface area contributed by atoms with E-state index in [1.54, 1.807) is 54.6 Å². The summed E-state index contributed by atoms with van der Waals surface area (Å²) in [5.41, 5.74) is 7.28. The van der Waals surface area contributed by atoms with Crippen molar-refractivity contribution in [1.29, 1.82) is 0 Å². The number of anilines is 1. The molecule has 2 rings (SSSR count). The number of nitrogens with one attached hydrogen (secondary N) is 7. The predicted molar refractivity (Wildman–Crippen MR) is 231 cm³/mol. The first-order valence-corrected chi connectivity index (χ1v) is 20.6. The maximum absolute atomic E-state index is 13.9. The van der Waals surface area contributed by atoms with Crippen molar-refractivity contribution in [3.05, 3.63) is 78.4 Å². The first-order valence-electron chi connectivity index (χ1n) is 20.6. The van der Waals surface area contributed by atoms with Crippen molar-refractivity contribution in [3.8, 4) is 0 Å². The van der Waals surface area contributed by atoms with E-state index in [9.17, 15) is 42.7 Å². The van der Waals surface area contributed by atoms with Gasteiger partial charge in [0, 0.05) is 32.1 Å². The Kier molecular flexibility index (Phi) is 24.2. The molecule has 340 valence electrons. The van der Waals surface area contributed by atoms with Crippen LogP contribution in [0.3, 0.4) is 0 Å². The summed E-state index contributed by atoms with van der Waals surface area (Å²) in [7, 11) is 0. The molecule has 0 aliphatic heterocycles. The number of carbonyl (C=O) groups is 8. The lowest BCUT2D eigenvalue weighted by Crippen LogP contribution is -2.58. The van der Waals surface area contributed by atoms with E-state index in [4.69, 9.17) is 10.5 Å². The molecule has 2 aromatic carbocycles. The Labute approximate surface area is 362 Å². The number of benzene rings is 2. The van der Waals surface area contributed by atoms with Gasteiger partial charge in [-0.1, -0.05) is 69.0 Å². The first-order chi connectivity index (χ1) is 29.7. The third-order valence-corrected chi connectivity index (χ3v) is 9.05. The van der Waals surface area contributed by atoms with Gasteiger partial charge in [0.1, 0.15) is 31.4 Å². The van der Waals surface area contributed by atoms with Crippen molar-refractivity contribution in [1.82, 2.24) is 37.2 Å². The topological polar surface area (TPSA) is 259 Å². The number of alkyl halides is 1. The van der Waals surface area contributed by atoms with Crippen LogP contribution >= 0.6 is 0 Å². The van der Waals surface area contributed by atoms with Gasteiger partial charge in [-0.2, -0.15) is 0 Å². The third-order valence-electron chi connectivity index (χ3n) is 9.05. The smallest absolute Gasteiger partial charge is 0.414 e. The van der Waals surface area contributed by atoms with Crippen LogP contribution in [0.15, 0.2) is 67.3 Å². The van der Waals surface area contributed by atoms with Crippen molar-refractivity contribution in [3.63, 3.8) is 0 Å². The van der Waals surface area contributed by atoms with Crippen molar-refractivity contribution < 1.29 is 47.5 Å². The third kappa shape index (κ3) is 20.7. The fourth-order valence-corrected chi connectivity index (χ4v) is 5.88. The highest BCUT2D eigenvalue weighted by Gasteiger charge is 2.30. The summed E-state index contributed by atoms with van der Waals surface area (Å²) in [6, 6.07) is 11.8. The lowest BCUT2D eigenvalue weighted by atomic mass is 10.00. The standard InChI is InChI=1S/C43H62FN9O9/c1-5-22-62-43(61)53(33-17-15-32(25-44)16-18-33)21-11-20-46-37(55)27-49-40(58)36(24-31-12-7-6-8-13-31)52-42(60)35(23-29(2)3)51-41(59)34(14-9-10-19-45)50-39(57)28-48-38(56)26-47-30(4)54/h5-8,12-13,15-18,29,34-36H,1,9-11,14,19-28,45H2,2-4H3,(H,46,55)(H,47,54)(H,48,56)(H,49,58)(H,50,57)(H,51,59)(H,52,60)/t34-,35-,36-/m0/s1. The molecule has 0 aromatic heterocycles. The average molecular weight is 868 g/mol. The van der Waals surface area contributed by atoms with Gasteiger partial charge in [0.05, 0.1) is 19.6 Å². The molecule has 0 unspecified atom stereocenters. The van der Waals surface area contributed by atoms with E-state index < -0.39 is 85.3 Å². The quantitative estimate of drug-likeness (QED) is 0.0445. The molecule has 8 amide bonds. The van der Waals surface area contributed by atoms with E-state index in [1.807, 2.05) is 13.8 Å². The fourth-order valence-electron chi connectivity index (χ4n) is 5.88. The van der Waals surface area contributed by atoms with Crippen LogP contribution in [0, 0.1) is 5.92 Å². The van der Waals surface area contributed by atoms with Gasteiger partial charge >= 0.3 is 6.09 Å². The monoisotopic (exact) mass is 867 g/mol. The molecule has 0 radical (unpaired) electrons. The Morgan fingerprint density at radius 3 is 1.98 bits per heavy atom. The molecule has 3 atom stereocenters. The van der Waals surface area contributed by atoms with Gasteiger partial charge in [0.2, 0.25) is 41.4 Å². The largest absolute Gasteiger partial charge is 0.445 e. The number of hydrogen-bond acceptors (Lipinski definition) is 10. The van der Waals surface area contributed by atoms with Gasteiger partial charge in [-0.15, -0.1) is 0 Å². The molecule has 0 saturated heterocycles. The van der Waals surface area contributed by atoms with Gasteiger partial charge in [0.15, 0.2) is 0 Å². The van der Waals surface area contributed by atoms with Crippen molar-refractivity contribution >= 4 is 53.1 Å². The van der Waals surface area contributed by atoms with Crippen LogP contribution in [0.25, 0.3) is 0 Å². The number of nitrogens with zero attached hydrogens (tertiary/aromatic N) is 1.